The molecule has 0 N–H and O–H groups in total. The van der Waals surface area contributed by atoms with Crippen molar-refractivity contribution in [3.63, 3.8) is 0 Å². The molecule has 1 heterocycles. The highest BCUT2D eigenvalue weighted by Gasteiger charge is 1.97. The van der Waals surface area contributed by atoms with E-state index >= 15 is 0 Å². The van der Waals surface area contributed by atoms with E-state index in [0.29, 0.717) is 0 Å². The van der Waals surface area contributed by atoms with Gasteiger partial charge in [0.25, 0.3) is 0 Å². The lowest BCUT2D eigenvalue weighted by Crippen LogP contribution is -2.08. The minimum Gasteiger partial charge on any atom is -0.264 e. The lowest BCUT2D eigenvalue weighted by Gasteiger charge is -2.01. The lowest BCUT2D eigenvalue weighted by atomic mass is 9.99. The molecule has 0 aliphatic carbocycles. The fraction of sp³-hybridized carbons (Fsp3) is 0.100. The smallest absolute Gasteiger partial charge is 0.163 e. The molecule has 0 saturated carbocycles. The summed E-state index contributed by atoms with van der Waals surface area (Å²) < 4.78 is 0. The average Bonchev–Trinajstić information content (AvgIpc) is 2.04. The second-order valence-corrected chi connectivity index (χ2v) is 3.10. The number of pyridine rings is 1. The first-order valence-corrected chi connectivity index (χ1v) is 4.10. The Balaban J connectivity index is 2.89. The number of hydrogen-bond acceptors (Lipinski definition) is 1. The first kappa shape index (κ1) is 7.35. The summed E-state index contributed by atoms with van der Waals surface area (Å²) in [6, 6.07) is 10.3. The van der Waals surface area contributed by atoms with E-state index in [1.807, 2.05) is 20.0 Å². The van der Waals surface area contributed by atoms with Gasteiger partial charge in [-0.1, -0.05) is 18.2 Å². The van der Waals surface area contributed by atoms with Crippen molar-refractivity contribution < 1.29 is 0 Å². The minimum atomic E-state index is 1.09. The first-order chi connectivity index (χ1) is 5.77. The molecule has 0 fully saturated rings. The molecule has 1 aromatic carbocycles. The normalized spacial score (nSPS) is 10.4. The summed E-state index contributed by atoms with van der Waals surface area (Å²) in [5.74, 6) is 0. The molecule has 2 heteroatoms. The molecule has 2 aromatic rings. The maximum atomic E-state index is 4.44. The van der Waals surface area contributed by atoms with Gasteiger partial charge >= 0.3 is 0 Å². The topological polar surface area (TPSA) is 12.9 Å². The zero-order chi connectivity index (χ0) is 8.55. The Bertz CT molecular complexity index is 423. The van der Waals surface area contributed by atoms with Gasteiger partial charge in [0.15, 0.2) is 7.85 Å². The van der Waals surface area contributed by atoms with Crippen LogP contribution in [0.3, 0.4) is 0 Å². The van der Waals surface area contributed by atoms with Crippen LogP contribution in [0.2, 0.25) is 0 Å². The third-order valence-corrected chi connectivity index (χ3v) is 2.05. The van der Waals surface area contributed by atoms with Gasteiger partial charge in [0.1, 0.15) is 0 Å². The molecule has 2 rings (SSSR count). The number of rotatable bonds is 0. The molecule has 12 heavy (non-hydrogen) atoms. The van der Waals surface area contributed by atoms with Gasteiger partial charge in [-0.2, -0.15) is 0 Å². The van der Waals surface area contributed by atoms with E-state index < -0.39 is 0 Å². The summed E-state index contributed by atoms with van der Waals surface area (Å²) >= 11 is 0. The van der Waals surface area contributed by atoms with Crippen LogP contribution in [0, 0.1) is 6.92 Å². The second-order valence-electron chi connectivity index (χ2n) is 3.10. The number of hydrogen-bond donors (Lipinski definition) is 0. The Morgan fingerprint density at radius 2 is 2.00 bits per heavy atom. The zero-order valence-corrected chi connectivity index (χ0v) is 7.33. The third kappa shape index (κ3) is 1.09. The first-order valence-electron chi connectivity index (χ1n) is 4.10. The maximum Gasteiger partial charge on any atom is 0.163 e. The van der Waals surface area contributed by atoms with Crippen LogP contribution in [0.4, 0.5) is 0 Å². The largest absolute Gasteiger partial charge is 0.264 e. The predicted octanol–water partition coefficient (Wildman–Crippen LogP) is 0.802. The van der Waals surface area contributed by atoms with Gasteiger partial charge < -0.3 is 0 Å². The number of fused-ring (bicyclic) bond motifs is 1. The summed E-state index contributed by atoms with van der Waals surface area (Å²) in [5, 5.41) is 1.25. The van der Waals surface area contributed by atoms with Gasteiger partial charge in [-0.05, 0) is 30.2 Å². The van der Waals surface area contributed by atoms with Gasteiger partial charge in [0.05, 0.1) is 5.52 Å². The summed E-state index contributed by atoms with van der Waals surface area (Å²) in [6.07, 6.45) is 0. The van der Waals surface area contributed by atoms with E-state index in [4.69, 9.17) is 0 Å². The van der Waals surface area contributed by atoms with Crippen LogP contribution >= 0.6 is 0 Å². The SMILES string of the molecule is Bc1cc(C)c2ccccc2n1. The van der Waals surface area contributed by atoms with E-state index in [0.717, 1.165) is 11.1 Å². The van der Waals surface area contributed by atoms with Gasteiger partial charge in [-0.3, -0.25) is 4.98 Å². The van der Waals surface area contributed by atoms with Gasteiger partial charge in [0, 0.05) is 5.39 Å². The number of aryl methyl sites for hydroxylation is 1. The molecule has 0 aliphatic heterocycles. The Hall–Kier alpha value is -1.31. The highest BCUT2D eigenvalue weighted by atomic mass is 14.7. The summed E-state index contributed by atoms with van der Waals surface area (Å²) in [7, 11) is 2.03. The van der Waals surface area contributed by atoms with Crippen LogP contribution in [-0.4, -0.2) is 12.8 Å². The van der Waals surface area contributed by atoms with E-state index in [2.05, 4.69) is 30.1 Å². The standard InChI is InChI=1S/C10H10BN/c1-7-6-10(11)12-9-5-3-2-4-8(7)9/h2-6H,11H2,1H3. The van der Waals surface area contributed by atoms with E-state index in [1.165, 1.54) is 10.9 Å². The van der Waals surface area contributed by atoms with Crippen molar-refractivity contribution in [1.82, 2.24) is 4.98 Å². The number of benzene rings is 1. The molecule has 0 bridgehead atoms. The lowest BCUT2D eigenvalue weighted by molar-refractivity contribution is 1.42. The zero-order valence-electron chi connectivity index (χ0n) is 7.33. The molecule has 1 aromatic heterocycles. The van der Waals surface area contributed by atoms with E-state index in [-0.39, 0.29) is 0 Å². The van der Waals surface area contributed by atoms with E-state index in [1.54, 1.807) is 0 Å². The fourth-order valence-corrected chi connectivity index (χ4v) is 1.52. The molecule has 1 nitrogen and oxygen atoms in total. The van der Waals surface area contributed by atoms with Crippen LogP contribution in [0.15, 0.2) is 30.3 Å². The van der Waals surface area contributed by atoms with Crippen LogP contribution in [0.5, 0.6) is 0 Å². The molecule has 0 spiro atoms. The second kappa shape index (κ2) is 2.63. The quantitative estimate of drug-likeness (QED) is 0.513. The van der Waals surface area contributed by atoms with E-state index in [9.17, 15) is 0 Å². The predicted molar refractivity (Wildman–Crippen MR) is 54.7 cm³/mol. The van der Waals surface area contributed by atoms with Crippen molar-refractivity contribution in [3.05, 3.63) is 35.9 Å². The monoisotopic (exact) mass is 155 g/mol. The van der Waals surface area contributed by atoms with Gasteiger partial charge in [-0.25, -0.2) is 0 Å². The Kier molecular flexibility index (Phi) is 1.61. The average molecular weight is 155 g/mol. The Morgan fingerprint density at radius 1 is 1.25 bits per heavy atom. The number of aromatic nitrogens is 1. The Morgan fingerprint density at radius 3 is 2.83 bits per heavy atom. The highest BCUT2D eigenvalue weighted by Crippen LogP contribution is 2.13. The summed E-state index contributed by atoms with van der Waals surface area (Å²) in [6.45, 7) is 2.12. The number of para-hydroxylation sites is 1. The molecule has 0 atom stereocenters. The van der Waals surface area contributed by atoms with Crippen molar-refractivity contribution in [2.45, 2.75) is 6.92 Å². The summed E-state index contributed by atoms with van der Waals surface area (Å²) in [5.41, 5.74) is 3.49. The van der Waals surface area contributed by atoms with Crippen molar-refractivity contribution in [1.29, 1.82) is 0 Å². The Labute approximate surface area is 72.8 Å². The highest BCUT2D eigenvalue weighted by molar-refractivity contribution is 6.31. The van der Waals surface area contributed by atoms with Gasteiger partial charge in [0.2, 0.25) is 0 Å². The van der Waals surface area contributed by atoms with Crippen LogP contribution in [0.1, 0.15) is 5.56 Å². The molecular formula is C10H10BN. The number of nitrogens with zero attached hydrogens (tertiary/aromatic N) is 1. The van der Waals surface area contributed by atoms with Crippen LogP contribution in [0.25, 0.3) is 10.9 Å². The van der Waals surface area contributed by atoms with Crippen molar-refractivity contribution in [2.75, 3.05) is 0 Å². The van der Waals surface area contributed by atoms with Crippen molar-refractivity contribution in [2.24, 2.45) is 0 Å². The van der Waals surface area contributed by atoms with Crippen LogP contribution < -0.4 is 5.59 Å². The van der Waals surface area contributed by atoms with Crippen LogP contribution in [-0.2, 0) is 0 Å². The van der Waals surface area contributed by atoms with Gasteiger partial charge in [-0.15, -0.1) is 0 Å². The van der Waals surface area contributed by atoms with Crippen molar-refractivity contribution in [3.8, 4) is 0 Å². The molecule has 0 radical (unpaired) electrons. The fourth-order valence-electron chi connectivity index (χ4n) is 1.52. The maximum absolute atomic E-state index is 4.44. The molecule has 58 valence electrons. The molecule has 0 aliphatic rings. The molecule has 0 saturated heterocycles. The molecule has 0 amide bonds. The molecular weight excluding hydrogens is 145 g/mol. The molecule has 0 unspecified atom stereocenters. The summed E-state index contributed by atoms with van der Waals surface area (Å²) in [4.78, 5) is 4.44. The van der Waals surface area contributed by atoms with Crippen molar-refractivity contribution >= 4 is 24.3 Å². The third-order valence-electron chi connectivity index (χ3n) is 2.05. The minimum absolute atomic E-state index is 1.09.